The Morgan fingerprint density at radius 1 is 1.27 bits per heavy atom. The highest BCUT2D eigenvalue weighted by Crippen LogP contribution is 2.26. The maximum atomic E-state index is 5.97. The molecule has 3 aromatic heterocycles. The second-order valence-electron chi connectivity index (χ2n) is 6.41. The first kappa shape index (κ1) is 16.8. The van der Waals surface area contributed by atoms with E-state index in [1.165, 1.54) is 0 Å². The number of hydrogen-bond donors (Lipinski definition) is 1. The van der Waals surface area contributed by atoms with E-state index in [0.29, 0.717) is 6.61 Å². The highest BCUT2D eigenvalue weighted by atomic mass is 16.5. The van der Waals surface area contributed by atoms with Gasteiger partial charge >= 0.3 is 0 Å². The fourth-order valence-corrected chi connectivity index (χ4v) is 3.30. The van der Waals surface area contributed by atoms with Gasteiger partial charge in [0.2, 0.25) is 0 Å². The number of nitrogens with one attached hydrogen (secondary N) is 1. The molecule has 0 aromatic carbocycles. The molecule has 0 radical (unpaired) electrons. The predicted molar refractivity (Wildman–Crippen MR) is 95.6 cm³/mol. The van der Waals surface area contributed by atoms with E-state index in [1.54, 1.807) is 25.7 Å². The number of hydrogen-bond acceptors (Lipinski definition) is 6. The summed E-state index contributed by atoms with van der Waals surface area (Å²) in [6.07, 6.45) is 6.33. The number of aromatic amines is 1. The zero-order valence-corrected chi connectivity index (χ0v) is 14.7. The van der Waals surface area contributed by atoms with Gasteiger partial charge in [-0.05, 0) is 36.8 Å². The van der Waals surface area contributed by atoms with Crippen molar-refractivity contribution in [2.24, 2.45) is 0 Å². The first-order valence-corrected chi connectivity index (χ1v) is 8.70. The van der Waals surface area contributed by atoms with E-state index in [0.717, 1.165) is 42.5 Å². The minimum atomic E-state index is 0.208. The van der Waals surface area contributed by atoms with Crippen molar-refractivity contribution in [2.45, 2.75) is 25.1 Å². The summed E-state index contributed by atoms with van der Waals surface area (Å²) in [5.74, 6) is 2.49. The summed E-state index contributed by atoms with van der Waals surface area (Å²) in [6.45, 7) is 2.17. The molecule has 0 spiro atoms. The number of likely N-dealkylation sites (tertiary alicyclic amines) is 1. The van der Waals surface area contributed by atoms with Crippen molar-refractivity contribution in [3.63, 3.8) is 0 Å². The summed E-state index contributed by atoms with van der Waals surface area (Å²) >= 11 is 0. The zero-order chi connectivity index (χ0) is 17.8. The van der Waals surface area contributed by atoms with Crippen LogP contribution in [0.1, 0.15) is 12.2 Å². The SMILES string of the molecule is CO[C@@H]1C[C@@H](COc2cccnc2)N(Cc2ccc(-c3ccn[nH]3)o2)C1. The van der Waals surface area contributed by atoms with Crippen LogP contribution in [-0.2, 0) is 11.3 Å². The van der Waals surface area contributed by atoms with E-state index in [4.69, 9.17) is 13.9 Å². The molecule has 0 bridgehead atoms. The molecule has 1 aliphatic rings. The lowest BCUT2D eigenvalue weighted by atomic mass is 10.2. The van der Waals surface area contributed by atoms with Crippen molar-refractivity contribution >= 4 is 0 Å². The molecule has 136 valence electrons. The number of H-pyrrole nitrogens is 1. The topological polar surface area (TPSA) is 76.4 Å². The highest BCUT2D eigenvalue weighted by Gasteiger charge is 2.33. The molecule has 7 heteroatoms. The van der Waals surface area contributed by atoms with Crippen molar-refractivity contribution in [2.75, 3.05) is 20.3 Å². The average molecular weight is 354 g/mol. The maximum Gasteiger partial charge on any atom is 0.152 e. The molecule has 4 heterocycles. The Balaban J connectivity index is 1.41. The van der Waals surface area contributed by atoms with Gasteiger partial charge in [-0.15, -0.1) is 0 Å². The Kier molecular flexibility index (Phi) is 4.99. The van der Waals surface area contributed by atoms with Crippen molar-refractivity contribution in [3.05, 3.63) is 54.7 Å². The summed E-state index contributed by atoms with van der Waals surface area (Å²) in [6, 6.07) is 9.93. The fourth-order valence-electron chi connectivity index (χ4n) is 3.30. The molecule has 0 unspecified atom stereocenters. The molecule has 1 saturated heterocycles. The Morgan fingerprint density at radius 3 is 3.00 bits per heavy atom. The number of ether oxygens (including phenoxy) is 2. The first-order valence-electron chi connectivity index (χ1n) is 8.70. The Morgan fingerprint density at radius 2 is 2.23 bits per heavy atom. The lowest BCUT2D eigenvalue weighted by molar-refractivity contribution is 0.106. The smallest absolute Gasteiger partial charge is 0.152 e. The number of pyridine rings is 1. The lowest BCUT2D eigenvalue weighted by Gasteiger charge is -2.23. The van der Waals surface area contributed by atoms with Crippen LogP contribution in [0.3, 0.4) is 0 Å². The van der Waals surface area contributed by atoms with Gasteiger partial charge in [-0.1, -0.05) is 0 Å². The van der Waals surface area contributed by atoms with E-state index < -0.39 is 0 Å². The Bertz CT molecular complexity index is 803. The van der Waals surface area contributed by atoms with E-state index >= 15 is 0 Å². The van der Waals surface area contributed by atoms with Crippen molar-refractivity contribution in [1.29, 1.82) is 0 Å². The lowest BCUT2D eigenvalue weighted by Crippen LogP contribution is -2.33. The van der Waals surface area contributed by atoms with Crippen LogP contribution in [0.4, 0.5) is 0 Å². The van der Waals surface area contributed by atoms with Crippen LogP contribution in [0.2, 0.25) is 0 Å². The van der Waals surface area contributed by atoms with Crippen LogP contribution in [0.25, 0.3) is 11.5 Å². The molecule has 4 rings (SSSR count). The number of nitrogens with zero attached hydrogens (tertiary/aromatic N) is 3. The van der Waals surface area contributed by atoms with Gasteiger partial charge in [0.25, 0.3) is 0 Å². The second-order valence-corrected chi connectivity index (χ2v) is 6.41. The number of methoxy groups -OCH3 is 1. The van der Waals surface area contributed by atoms with E-state index in [1.807, 2.05) is 30.3 Å². The largest absolute Gasteiger partial charge is 0.490 e. The molecular weight excluding hydrogens is 332 g/mol. The van der Waals surface area contributed by atoms with Gasteiger partial charge in [0, 0.05) is 32.1 Å². The van der Waals surface area contributed by atoms with E-state index in [-0.39, 0.29) is 12.1 Å². The minimum absolute atomic E-state index is 0.208. The summed E-state index contributed by atoms with van der Waals surface area (Å²) in [5, 5.41) is 6.88. The van der Waals surface area contributed by atoms with Gasteiger partial charge in [0.1, 0.15) is 23.8 Å². The summed E-state index contributed by atoms with van der Waals surface area (Å²) in [7, 11) is 1.76. The average Bonchev–Trinajstić information content (AvgIpc) is 3.42. The number of aromatic nitrogens is 3. The Hall–Kier alpha value is -2.64. The summed E-state index contributed by atoms with van der Waals surface area (Å²) in [5.41, 5.74) is 0.879. The highest BCUT2D eigenvalue weighted by molar-refractivity contribution is 5.51. The molecule has 1 fully saturated rings. The predicted octanol–water partition coefficient (Wildman–Crippen LogP) is 2.73. The van der Waals surface area contributed by atoms with Crippen molar-refractivity contribution < 1.29 is 13.9 Å². The van der Waals surface area contributed by atoms with Crippen LogP contribution in [0.5, 0.6) is 5.75 Å². The third-order valence-corrected chi connectivity index (χ3v) is 4.69. The fraction of sp³-hybridized carbons (Fsp3) is 0.368. The van der Waals surface area contributed by atoms with Gasteiger partial charge < -0.3 is 13.9 Å². The quantitative estimate of drug-likeness (QED) is 0.703. The van der Waals surface area contributed by atoms with Crippen LogP contribution in [0.15, 0.2) is 53.3 Å². The van der Waals surface area contributed by atoms with Gasteiger partial charge in [-0.25, -0.2) is 0 Å². The second kappa shape index (κ2) is 7.72. The van der Waals surface area contributed by atoms with Gasteiger partial charge in [0.15, 0.2) is 5.76 Å². The Labute approximate surface area is 151 Å². The normalized spacial score (nSPS) is 20.5. The van der Waals surface area contributed by atoms with Crippen molar-refractivity contribution in [3.8, 4) is 17.2 Å². The molecule has 0 aliphatic carbocycles. The molecular formula is C19H22N4O3. The monoisotopic (exact) mass is 354 g/mol. The number of rotatable bonds is 7. The molecule has 7 nitrogen and oxygen atoms in total. The standard InChI is InChI=1S/C19H22N4O3/c1-24-17-9-14(13-25-15-3-2-7-20-10-15)23(12-17)11-16-4-5-19(26-16)18-6-8-21-22-18/h2-8,10,14,17H,9,11-13H2,1H3,(H,21,22)/t14-,17+/m0/s1. The molecule has 1 N–H and O–H groups in total. The molecule has 0 saturated carbocycles. The zero-order valence-electron chi connectivity index (χ0n) is 14.7. The summed E-state index contributed by atoms with van der Waals surface area (Å²) in [4.78, 5) is 6.44. The minimum Gasteiger partial charge on any atom is -0.490 e. The van der Waals surface area contributed by atoms with E-state index in [2.05, 4.69) is 20.1 Å². The first-order chi connectivity index (χ1) is 12.8. The van der Waals surface area contributed by atoms with Gasteiger partial charge in [-0.2, -0.15) is 5.10 Å². The third-order valence-electron chi connectivity index (χ3n) is 4.69. The molecule has 26 heavy (non-hydrogen) atoms. The van der Waals surface area contributed by atoms with Crippen LogP contribution in [-0.4, -0.2) is 52.5 Å². The van der Waals surface area contributed by atoms with Crippen LogP contribution >= 0.6 is 0 Å². The molecule has 2 atom stereocenters. The van der Waals surface area contributed by atoms with Gasteiger partial charge in [0.05, 0.1) is 18.8 Å². The van der Waals surface area contributed by atoms with Crippen molar-refractivity contribution in [1.82, 2.24) is 20.1 Å². The number of furan rings is 1. The van der Waals surface area contributed by atoms with Crippen LogP contribution < -0.4 is 4.74 Å². The third kappa shape index (κ3) is 3.79. The molecule has 1 aliphatic heterocycles. The van der Waals surface area contributed by atoms with Crippen LogP contribution in [0, 0.1) is 0 Å². The maximum absolute atomic E-state index is 5.97. The van der Waals surface area contributed by atoms with E-state index in [9.17, 15) is 0 Å². The molecule has 0 amide bonds. The van der Waals surface area contributed by atoms with Gasteiger partial charge in [-0.3, -0.25) is 15.0 Å². The summed E-state index contributed by atoms with van der Waals surface area (Å²) < 4.78 is 17.4. The molecule has 3 aromatic rings.